The van der Waals surface area contributed by atoms with Crippen molar-refractivity contribution in [1.82, 2.24) is 5.43 Å². The lowest BCUT2D eigenvalue weighted by Crippen LogP contribution is -2.40. The minimum atomic E-state index is -1.17. The minimum absolute atomic E-state index is 0.510. The zero-order chi connectivity index (χ0) is 18.2. The van der Waals surface area contributed by atoms with Gasteiger partial charge in [0.25, 0.3) is 0 Å². The second kappa shape index (κ2) is 9.17. The monoisotopic (exact) mass is 430 g/mol. The van der Waals surface area contributed by atoms with Gasteiger partial charge in [-0.25, -0.2) is 5.43 Å². The Balaban J connectivity index is 1.68. The van der Waals surface area contributed by atoms with Crippen LogP contribution < -0.4 is 14.9 Å². The lowest BCUT2D eigenvalue weighted by molar-refractivity contribution is -0.140. The molecule has 2 aromatic carbocycles. The van der Waals surface area contributed by atoms with Gasteiger partial charge in [-0.2, -0.15) is 5.10 Å². The Kier molecular flexibility index (Phi) is 6.40. The van der Waals surface area contributed by atoms with Crippen LogP contribution in [-0.4, -0.2) is 18.4 Å². The van der Waals surface area contributed by atoms with Crippen LogP contribution in [0.2, 0.25) is 0 Å². The van der Waals surface area contributed by atoms with E-state index in [0.29, 0.717) is 11.5 Å². The molecular formula is C19H15BrN2O3S. The Bertz CT molecular complexity index is 827. The molecular weight excluding hydrogens is 416 g/mol. The van der Waals surface area contributed by atoms with Gasteiger partial charge in [0.05, 0.1) is 10.0 Å². The van der Waals surface area contributed by atoms with E-state index >= 15 is 0 Å². The molecule has 0 fully saturated rings. The molecule has 0 saturated heterocycles. The molecule has 5 nitrogen and oxygen atoms in total. The van der Waals surface area contributed by atoms with E-state index in [-0.39, 0.29) is 0 Å². The number of amides is 1. The first-order chi connectivity index (χ1) is 12.7. The number of hydrogen-bond acceptors (Lipinski definition) is 5. The normalized spacial score (nSPS) is 10.8. The maximum Gasteiger partial charge on any atom is 0.323 e. The molecule has 1 aromatic heterocycles. The summed E-state index contributed by atoms with van der Waals surface area (Å²) < 4.78 is 12.3. The van der Waals surface area contributed by atoms with E-state index < -0.39 is 12.2 Å². The molecule has 26 heavy (non-hydrogen) atoms. The zero-order valence-electron chi connectivity index (χ0n) is 13.5. The highest BCUT2D eigenvalue weighted by Gasteiger charge is 2.22. The summed E-state index contributed by atoms with van der Waals surface area (Å²) in [6.45, 7) is 0. The van der Waals surface area contributed by atoms with Gasteiger partial charge >= 0.3 is 12.2 Å². The number of nitrogens with zero attached hydrogens (tertiary/aromatic N) is 1. The van der Waals surface area contributed by atoms with Crippen molar-refractivity contribution in [2.45, 2.75) is 6.29 Å². The predicted octanol–water partition coefficient (Wildman–Crippen LogP) is 4.44. The number of carbonyl (C=O) groups is 1. The van der Waals surface area contributed by atoms with Gasteiger partial charge in [0.1, 0.15) is 11.5 Å². The number of ether oxygens (including phenoxy) is 2. The minimum Gasteiger partial charge on any atom is -0.446 e. The van der Waals surface area contributed by atoms with Crippen LogP contribution in [0.25, 0.3) is 0 Å². The van der Waals surface area contributed by atoms with Crippen LogP contribution in [0.4, 0.5) is 0 Å². The lowest BCUT2D eigenvalue weighted by atomic mass is 10.3. The largest absolute Gasteiger partial charge is 0.446 e. The molecule has 0 aliphatic rings. The van der Waals surface area contributed by atoms with E-state index in [1.54, 1.807) is 30.5 Å². The number of nitrogens with one attached hydrogen (secondary N) is 1. The molecule has 3 rings (SSSR count). The van der Waals surface area contributed by atoms with Gasteiger partial charge < -0.3 is 9.47 Å². The Morgan fingerprint density at radius 1 is 0.962 bits per heavy atom. The molecule has 7 heteroatoms. The number of thiophene rings is 1. The van der Waals surface area contributed by atoms with Crippen molar-refractivity contribution in [1.29, 1.82) is 0 Å². The fourth-order valence-corrected chi connectivity index (χ4v) is 3.28. The molecule has 3 aromatic rings. The van der Waals surface area contributed by atoms with Crippen molar-refractivity contribution in [2.75, 3.05) is 0 Å². The molecule has 0 radical (unpaired) electrons. The summed E-state index contributed by atoms with van der Waals surface area (Å²) in [5.41, 5.74) is 2.45. The fourth-order valence-electron chi connectivity index (χ4n) is 1.99. The Morgan fingerprint density at radius 3 is 2.04 bits per heavy atom. The van der Waals surface area contributed by atoms with E-state index in [4.69, 9.17) is 9.47 Å². The number of hydrazone groups is 1. The number of halogens is 1. The molecule has 0 bridgehead atoms. The molecule has 0 atom stereocenters. The van der Waals surface area contributed by atoms with Crippen LogP contribution in [0.1, 0.15) is 4.88 Å². The van der Waals surface area contributed by atoms with Crippen LogP contribution in [0.15, 0.2) is 81.7 Å². The van der Waals surface area contributed by atoms with Crippen molar-refractivity contribution in [3.05, 3.63) is 81.5 Å². The number of carbonyl (C=O) groups excluding carboxylic acids is 1. The van der Waals surface area contributed by atoms with E-state index in [1.807, 2.05) is 48.5 Å². The van der Waals surface area contributed by atoms with Crippen LogP contribution >= 0.6 is 27.3 Å². The van der Waals surface area contributed by atoms with Crippen molar-refractivity contribution in [3.63, 3.8) is 0 Å². The lowest BCUT2D eigenvalue weighted by Gasteiger charge is -2.18. The number of benzene rings is 2. The third-order valence-corrected chi connectivity index (χ3v) is 4.71. The molecule has 1 N–H and O–H groups in total. The summed E-state index contributed by atoms with van der Waals surface area (Å²) in [5, 5.41) is 3.96. The van der Waals surface area contributed by atoms with Gasteiger partial charge in [-0.15, -0.1) is 11.3 Å². The summed E-state index contributed by atoms with van der Waals surface area (Å²) in [6, 6.07) is 21.8. The molecule has 0 saturated carbocycles. The summed E-state index contributed by atoms with van der Waals surface area (Å²) in [4.78, 5) is 13.4. The van der Waals surface area contributed by atoms with E-state index in [1.165, 1.54) is 11.3 Å². The number of hydrogen-bond donors (Lipinski definition) is 1. The average Bonchev–Trinajstić information content (AvgIpc) is 3.08. The van der Waals surface area contributed by atoms with Gasteiger partial charge in [0.2, 0.25) is 0 Å². The van der Waals surface area contributed by atoms with Gasteiger partial charge in [-0.3, -0.25) is 4.79 Å². The molecule has 132 valence electrons. The highest BCUT2D eigenvalue weighted by atomic mass is 79.9. The Hall–Kier alpha value is -2.64. The molecule has 0 unspecified atom stereocenters. The smallest absolute Gasteiger partial charge is 0.323 e. The van der Waals surface area contributed by atoms with Crippen LogP contribution in [0, 0.1) is 0 Å². The first kappa shape index (κ1) is 18.2. The fraction of sp³-hybridized carbons (Fsp3) is 0.0526. The highest BCUT2D eigenvalue weighted by Crippen LogP contribution is 2.20. The molecule has 0 aliphatic heterocycles. The van der Waals surface area contributed by atoms with Gasteiger partial charge in [0, 0.05) is 4.88 Å². The summed E-state index contributed by atoms with van der Waals surface area (Å²) in [6.07, 6.45) is 0.391. The van der Waals surface area contributed by atoms with E-state index in [0.717, 1.165) is 8.66 Å². The topological polar surface area (TPSA) is 59.9 Å². The summed E-state index contributed by atoms with van der Waals surface area (Å²) in [7, 11) is 0. The second-order valence-corrected chi connectivity index (χ2v) is 7.56. The van der Waals surface area contributed by atoms with Crippen molar-refractivity contribution < 1.29 is 14.3 Å². The average molecular weight is 431 g/mol. The van der Waals surface area contributed by atoms with Crippen molar-refractivity contribution in [3.8, 4) is 11.5 Å². The first-order valence-electron chi connectivity index (χ1n) is 7.72. The third-order valence-electron chi connectivity index (χ3n) is 3.15. The Morgan fingerprint density at radius 2 is 1.54 bits per heavy atom. The molecule has 1 amide bonds. The van der Waals surface area contributed by atoms with Crippen LogP contribution in [0.3, 0.4) is 0 Å². The maximum atomic E-state index is 12.5. The predicted molar refractivity (Wildman–Crippen MR) is 106 cm³/mol. The Labute approximate surface area is 163 Å². The van der Waals surface area contributed by atoms with Crippen molar-refractivity contribution >= 4 is 39.4 Å². The highest BCUT2D eigenvalue weighted by molar-refractivity contribution is 9.11. The van der Waals surface area contributed by atoms with Gasteiger partial charge in [-0.1, -0.05) is 36.4 Å². The van der Waals surface area contributed by atoms with Crippen LogP contribution in [0.5, 0.6) is 11.5 Å². The number of rotatable bonds is 7. The maximum absolute atomic E-state index is 12.5. The quantitative estimate of drug-likeness (QED) is 0.342. The zero-order valence-corrected chi connectivity index (χ0v) is 15.9. The standard InChI is InChI=1S/C19H15BrN2O3S/c20-17-12-11-16(26-17)13-21-22-18(23)19(24-14-7-3-1-4-8-14)25-15-9-5-2-6-10-15/h1-13,19H,(H,22,23)/b21-13-. The number of para-hydroxylation sites is 2. The van der Waals surface area contributed by atoms with E-state index in [9.17, 15) is 4.79 Å². The SMILES string of the molecule is O=C(N/N=C\c1ccc(Br)s1)C(Oc1ccccc1)Oc1ccccc1. The molecule has 0 aliphatic carbocycles. The summed E-state index contributed by atoms with van der Waals surface area (Å²) in [5.74, 6) is 0.536. The third kappa shape index (κ3) is 5.44. The van der Waals surface area contributed by atoms with Gasteiger partial charge in [0.15, 0.2) is 0 Å². The summed E-state index contributed by atoms with van der Waals surface area (Å²) >= 11 is 4.89. The second-order valence-electron chi connectivity index (χ2n) is 5.07. The van der Waals surface area contributed by atoms with E-state index in [2.05, 4.69) is 26.5 Å². The van der Waals surface area contributed by atoms with Crippen LogP contribution in [-0.2, 0) is 4.79 Å². The first-order valence-corrected chi connectivity index (χ1v) is 9.33. The molecule has 1 heterocycles. The van der Waals surface area contributed by atoms with Crippen molar-refractivity contribution in [2.24, 2.45) is 5.10 Å². The molecule has 0 spiro atoms. The van der Waals surface area contributed by atoms with Gasteiger partial charge in [-0.05, 0) is 52.3 Å².